The van der Waals surface area contributed by atoms with Crippen molar-refractivity contribution in [2.75, 3.05) is 26.2 Å². The molecule has 0 radical (unpaired) electrons. The maximum absolute atomic E-state index is 13.8. The van der Waals surface area contributed by atoms with Crippen LogP contribution in [0, 0.1) is 0 Å². The molecule has 180 valence electrons. The maximum atomic E-state index is 13.8. The molecule has 1 unspecified atom stereocenters. The normalized spacial score (nSPS) is 18.6. The van der Waals surface area contributed by atoms with E-state index in [-0.39, 0.29) is 24.3 Å². The molecule has 0 bridgehead atoms. The minimum atomic E-state index is -4.65. The van der Waals surface area contributed by atoms with E-state index in [0.717, 1.165) is 11.0 Å². The highest BCUT2D eigenvalue weighted by Crippen LogP contribution is 2.49. The molecular weight excluding hydrogens is 451 g/mol. The Hall–Kier alpha value is -3.49. The number of nitrogens with zero attached hydrogens (tertiary/aromatic N) is 1. The summed E-state index contributed by atoms with van der Waals surface area (Å²) in [7, 11) is 4.40. The van der Waals surface area contributed by atoms with Crippen molar-refractivity contribution in [1.82, 2.24) is 0 Å². The van der Waals surface area contributed by atoms with Gasteiger partial charge in [-0.1, -0.05) is 12.1 Å². The first-order valence-corrected chi connectivity index (χ1v) is 10.8. The van der Waals surface area contributed by atoms with Gasteiger partial charge in [0.05, 0.1) is 32.6 Å². The minimum absolute atomic E-state index is 0.190. The van der Waals surface area contributed by atoms with Crippen LogP contribution in [-0.2, 0) is 15.8 Å². The third kappa shape index (κ3) is 3.99. The van der Waals surface area contributed by atoms with Gasteiger partial charge in [-0.25, -0.2) is 0 Å². The molecule has 4 rings (SSSR count). The largest absolute Gasteiger partial charge is 0.496 e. The first kappa shape index (κ1) is 23.7. The molecule has 2 aliphatic rings. The Labute approximate surface area is 194 Å². The van der Waals surface area contributed by atoms with Gasteiger partial charge in [0.2, 0.25) is 5.91 Å². The van der Waals surface area contributed by atoms with E-state index >= 15 is 0 Å². The summed E-state index contributed by atoms with van der Waals surface area (Å²) in [4.78, 5) is 27.6. The molecule has 0 spiro atoms. The lowest BCUT2D eigenvalue weighted by molar-refractivity contribution is -0.137. The summed E-state index contributed by atoms with van der Waals surface area (Å²) in [6.07, 6.45) is -3.83. The predicted octanol–water partition coefficient (Wildman–Crippen LogP) is 5.26. The molecule has 0 saturated carbocycles. The van der Waals surface area contributed by atoms with Crippen LogP contribution in [0.1, 0.15) is 42.7 Å². The number of methoxy groups -OCH3 is 3. The number of ether oxygens (including phenoxy) is 3. The zero-order valence-electron chi connectivity index (χ0n) is 19.0. The lowest BCUT2D eigenvalue weighted by atomic mass is 9.76. The summed E-state index contributed by atoms with van der Waals surface area (Å²) >= 11 is 0. The number of allylic oxidation sites excluding steroid dienone is 2. The summed E-state index contributed by atoms with van der Waals surface area (Å²) in [6.45, 7) is 0. The monoisotopic (exact) mass is 475 g/mol. The van der Waals surface area contributed by atoms with Crippen molar-refractivity contribution in [2.24, 2.45) is 0 Å². The number of anilines is 1. The highest BCUT2D eigenvalue weighted by Gasteiger charge is 2.44. The summed E-state index contributed by atoms with van der Waals surface area (Å²) < 4.78 is 57.5. The highest BCUT2D eigenvalue weighted by molar-refractivity contribution is 6.08. The zero-order chi connectivity index (χ0) is 24.6. The quantitative estimate of drug-likeness (QED) is 0.591. The van der Waals surface area contributed by atoms with Crippen LogP contribution in [0.25, 0.3) is 0 Å². The van der Waals surface area contributed by atoms with Gasteiger partial charge in [-0.15, -0.1) is 0 Å². The standard InChI is InChI=1S/C25H24F3NO5/c1-32-20-13-22(34-3)21(33-2)11-14(20)15-12-23(31)29(18-9-6-10-19(30)24(15)18)17-8-5-4-7-16(17)25(26,27)28/h4-5,7-8,11,13,15H,6,9-10,12H2,1-3H3. The van der Waals surface area contributed by atoms with Gasteiger partial charge in [-0.3, -0.25) is 14.5 Å². The SMILES string of the molecule is COc1cc(OC)c(C2CC(=O)N(c3ccccc3C(F)(F)F)C3=C2C(=O)CCC3)cc1OC. The molecule has 34 heavy (non-hydrogen) atoms. The molecule has 0 aromatic heterocycles. The Balaban J connectivity index is 1.93. The van der Waals surface area contributed by atoms with Gasteiger partial charge >= 0.3 is 6.18 Å². The summed E-state index contributed by atoms with van der Waals surface area (Å²) in [6, 6.07) is 8.20. The summed E-state index contributed by atoms with van der Waals surface area (Å²) in [5, 5.41) is 0. The molecule has 6 nitrogen and oxygen atoms in total. The third-order valence-electron chi connectivity index (χ3n) is 6.24. The van der Waals surface area contributed by atoms with Crippen molar-refractivity contribution in [2.45, 2.75) is 37.8 Å². The second-order valence-electron chi connectivity index (χ2n) is 8.09. The molecule has 1 aliphatic carbocycles. The van der Waals surface area contributed by atoms with Crippen molar-refractivity contribution in [3.8, 4) is 17.2 Å². The smallest absolute Gasteiger partial charge is 0.418 e. The molecule has 1 heterocycles. The van der Waals surface area contributed by atoms with Crippen LogP contribution in [-0.4, -0.2) is 33.0 Å². The van der Waals surface area contributed by atoms with Crippen LogP contribution in [0.5, 0.6) is 17.2 Å². The van der Waals surface area contributed by atoms with E-state index in [1.54, 1.807) is 12.1 Å². The van der Waals surface area contributed by atoms with Crippen LogP contribution >= 0.6 is 0 Å². The number of para-hydroxylation sites is 1. The molecule has 0 fully saturated rings. The van der Waals surface area contributed by atoms with Gasteiger partial charge in [0.1, 0.15) is 5.75 Å². The van der Waals surface area contributed by atoms with Gasteiger partial charge < -0.3 is 14.2 Å². The number of rotatable bonds is 5. The fourth-order valence-corrected chi connectivity index (χ4v) is 4.77. The molecule has 0 N–H and O–H groups in total. The molecule has 9 heteroatoms. The Bertz CT molecular complexity index is 1170. The Morgan fingerprint density at radius 1 is 0.912 bits per heavy atom. The molecule has 1 amide bonds. The molecule has 1 atom stereocenters. The van der Waals surface area contributed by atoms with Gasteiger partial charge in [-0.05, 0) is 31.0 Å². The Kier molecular flexibility index (Phi) is 6.29. The number of amides is 1. The number of hydrogen-bond donors (Lipinski definition) is 0. The van der Waals surface area contributed by atoms with E-state index in [1.807, 2.05) is 0 Å². The van der Waals surface area contributed by atoms with Crippen molar-refractivity contribution >= 4 is 17.4 Å². The van der Waals surface area contributed by atoms with Crippen LogP contribution in [0.3, 0.4) is 0 Å². The number of alkyl halides is 3. The third-order valence-corrected chi connectivity index (χ3v) is 6.24. The Morgan fingerprint density at radius 2 is 1.56 bits per heavy atom. The van der Waals surface area contributed by atoms with E-state index in [9.17, 15) is 22.8 Å². The lowest BCUT2D eigenvalue weighted by Crippen LogP contribution is -2.41. The number of Topliss-reactive ketones (excluding diaryl/α,β-unsaturated/α-hetero) is 1. The Morgan fingerprint density at radius 3 is 2.21 bits per heavy atom. The van der Waals surface area contributed by atoms with Crippen LogP contribution in [0.2, 0.25) is 0 Å². The first-order valence-electron chi connectivity index (χ1n) is 10.8. The van der Waals surface area contributed by atoms with Gasteiger partial charge in [0, 0.05) is 41.7 Å². The minimum Gasteiger partial charge on any atom is -0.496 e. The average Bonchev–Trinajstić information content (AvgIpc) is 2.82. The van der Waals surface area contributed by atoms with Crippen LogP contribution < -0.4 is 19.1 Å². The number of benzene rings is 2. The van der Waals surface area contributed by atoms with Crippen molar-refractivity contribution in [1.29, 1.82) is 0 Å². The van der Waals surface area contributed by atoms with E-state index in [4.69, 9.17) is 14.2 Å². The van der Waals surface area contributed by atoms with Gasteiger partial charge in [-0.2, -0.15) is 13.2 Å². The van der Waals surface area contributed by atoms with E-state index in [2.05, 4.69) is 0 Å². The maximum Gasteiger partial charge on any atom is 0.418 e. The summed E-state index contributed by atoms with van der Waals surface area (Å²) in [5.74, 6) is -0.197. The molecule has 2 aromatic carbocycles. The molecule has 1 aliphatic heterocycles. The fraction of sp³-hybridized carbons (Fsp3) is 0.360. The second kappa shape index (κ2) is 9.04. The first-order chi connectivity index (χ1) is 16.2. The molecule has 2 aromatic rings. The predicted molar refractivity (Wildman–Crippen MR) is 118 cm³/mol. The number of halogens is 3. The summed E-state index contributed by atoms with van der Waals surface area (Å²) in [5.41, 5.74) is 0.00897. The van der Waals surface area contributed by atoms with Crippen LogP contribution in [0.15, 0.2) is 47.7 Å². The second-order valence-corrected chi connectivity index (χ2v) is 8.09. The van der Waals surface area contributed by atoms with Crippen molar-refractivity contribution in [3.05, 3.63) is 58.8 Å². The molecule has 0 saturated heterocycles. The number of carbonyl (C=O) groups is 2. The average molecular weight is 475 g/mol. The fourth-order valence-electron chi connectivity index (χ4n) is 4.77. The zero-order valence-corrected chi connectivity index (χ0v) is 19.0. The number of hydrogen-bond acceptors (Lipinski definition) is 5. The van der Waals surface area contributed by atoms with Crippen molar-refractivity contribution in [3.63, 3.8) is 0 Å². The van der Waals surface area contributed by atoms with Crippen LogP contribution in [0.4, 0.5) is 18.9 Å². The van der Waals surface area contributed by atoms with E-state index in [0.29, 0.717) is 46.9 Å². The molecular formula is C25H24F3NO5. The number of ketones is 1. The van der Waals surface area contributed by atoms with Gasteiger partial charge in [0.25, 0.3) is 0 Å². The van der Waals surface area contributed by atoms with Gasteiger partial charge in [0.15, 0.2) is 17.3 Å². The highest BCUT2D eigenvalue weighted by atomic mass is 19.4. The van der Waals surface area contributed by atoms with Crippen molar-refractivity contribution < 1.29 is 37.0 Å². The lowest BCUT2D eigenvalue weighted by Gasteiger charge is -2.39. The van der Waals surface area contributed by atoms with E-state index in [1.165, 1.54) is 39.5 Å². The topological polar surface area (TPSA) is 65.1 Å². The van der Waals surface area contributed by atoms with E-state index < -0.39 is 23.6 Å². The number of carbonyl (C=O) groups excluding carboxylic acids is 2.